The van der Waals surface area contributed by atoms with Crippen LogP contribution in [0.4, 0.5) is 0 Å². The van der Waals surface area contributed by atoms with Crippen LogP contribution < -0.4 is 10.2 Å². The summed E-state index contributed by atoms with van der Waals surface area (Å²) in [5.41, 5.74) is 7.12. The maximum atomic E-state index is 12.5. The molecular weight excluding hydrogens is 448 g/mol. The van der Waals surface area contributed by atoms with Gasteiger partial charge in [-0.2, -0.15) is 5.10 Å². The number of hydrogen-bond donors (Lipinski definition) is 1. The van der Waals surface area contributed by atoms with Gasteiger partial charge in [0.25, 0.3) is 5.91 Å². The first-order valence-electron chi connectivity index (χ1n) is 10.6. The van der Waals surface area contributed by atoms with Gasteiger partial charge in [-0.05, 0) is 50.2 Å². The summed E-state index contributed by atoms with van der Waals surface area (Å²) in [5, 5.41) is 13.6. The predicted molar refractivity (Wildman–Crippen MR) is 133 cm³/mol. The Bertz CT molecular complexity index is 1300. The number of rotatable bonds is 8. The van der Waals surface area contributed by atoms with E-state index in [1.54, 1.807) is 19.5 Å². The molecule has 2 aromatic carbocycles. The summed E-state index contributed by atoms with van der Waals surface area (Å²) in [4.78, 5) is 16.6. The molecule has 1 amide bonds. The van der Waals surface area contributed by atoms with Gasteiger partial charge in [-0.15, -0.1) is 10.2 Å². The minimum absolute atomic E-state index is 0.134. The van der Waals surface area contributed by atoms with E-state index in [-0.39, 0.29) is 11.7 Å². The van der Waals surface area contributed by atoms with E-state index in [4.69, 9.17) is 4.74 Å². The molecule has 0 fully saturated rings. The molecule has 4 aromatic rings. The average molecular weight is 473 g/mol. The second kappa shape index (κ2) is 10.8. The highest BCUT2D eigenvalue weighted by Crippen LogP contribution is 2.27. The number of pyridine rings is 1. The lowest BCUT2D eigenvalue weighted by Crippen LogP contribution is -2.21. The Balaban J connectivity index is 1.51. The number of nitrogens with zero attached hydrogens (tertiary/aromatic N) is 5. The van der Waals surface area contributed by atoms with Crippen LogP contribution in [0.15, 0.2) is 83.3 Å². The Kier molecular flexibility index (Phi) is 7.34. The quantitative estimate of drug-likeness (QED) is 0.234. The van der Waals surface area contributed by atoms with Gasteiger partial charge in [0.1, 0.15) is 5.75 Å². The molecule has 0 aliphatic carbocycles. The standard InChI is InChI=1S/C25H24N6O2S/c1-17-7-9-21(10-8-17)31-24(19-11-13-26-14-12-19)29-30-25(31)34-16-23(32)28-27-18(2)20-5-4-6-22(15-20)33-3/h4-15H,16H2,1-3H3,(H,28,32)/b27-18+. The average Bonchev–Trinajstić information content (AvgIpc) is 3.31. The van der Waals surface area contributed by atoms with Crippen molar-refractivity contribution in [2.24, 2.45) is 5.10 Å². The molecular formula is C25H24N6O2S. The van der Waals surface area contributed by atoms with E-state index in [1.807, 2.05) is 79.1 Å². The molecule has 1 N–H and O–H groups in total. The lowest BCUT2D eigenvalue weighted by atomic mass is 10.1. The molecule has 0 spiro atoms. The van der Waals surface area contributed by atoms with Gasteiger partial charge < -0.3 is 4.74 Å². The largest absolute Gasteiger partial charge is 0.497 e. The molecule has 0 saturated carbocycles. The zero-order chi connectivity index (χ0) is 23.9. The van der Waals surface area contributed by atoms with E-state index in [0.717, 1.165) is 28.1 Å². The first-order valence-corrected chi connectivity index (χ1v) is 11.6. The van der Waals surface area contributed by atoms with Gasteiger partial charge in [-0.3, -0.25) is 14.3 Å². The normalized spacial score (nSPS) is 11.3. The number of carbonyl (C=O) groups is 1. The van der Waals surface area contributed by atoms with Crippen molar-refractivity contribution in [2.45, 2.75) is 19.0 Å². The van der Waals surface area contributed by atoms with Crippen LogP contribution in [0.1, 0.15) is 18.1 Å². The number of aromatic nitrogens is 4. The molecule has 0 saturated heterocycles. The van der Waals surface area contributed by atoms with Gasteiger partial charge in [0, 0.05) is 29.2 Å². The maximum Gasteiger partial charge on any atom is 0.250 e. The van der Waals surface area contributed by atoms with E-state index in [2.05, 4.69) is 25.7 Å². The van der Waals surface area contributed by atoms with Crippen LogP contribution in [0.5, 0.6) is 5.75 Å². The SMILES string of the molecule is COc1cccc(/C(C)=N/NC(=O)CSc2nnc(-c3ccncc3)n2-c2ccc(C)cc2)c1. The molecule has 0 aliphatic rings. The van der Waals surface area contributed by atoms with E-state index >= 15 is 0 Å². The fraction of sp³-hybridized carbons (Fsp3) is 0.160. The number of methoxy groups -OCH3 is 1. The van der Waals surface area contributed by atoms with Crippen LogP contribution in [0.2, 0.25) is 0 Å². The Morgan fingerprint density at radius 3 is 2.59 bits per heavy atom. The smallest absolute Gasteiger partial charge is 0.250 e. The van der Waals surface area contributed by atoms with E-state index in [0.29, 0.717) is 16.7 Å². The minimum atomic E-state index is -0.240. The highest BCUT2D eigenvalue weighted by molar-refractivity contribution is 7.99. The summed E-state index contributed by atoms with van der Waals surface area (Å²) in [7, 11) is 1.61. The highest BCUT2D eigenvalue weighted by atomic mass is 32.2. The number of hydrogen-bond acceptors (Lipinski definition) is 7. The lowest BCUT2D eigenvalue weighted by Gasteiger charge is -2.10. The molecule has 0 bridgehead atoms. The van der Waals surface area contributed by atoms with Crippen molar-refractivity contribution >= 4 is 23.4 Å². The van der Waals surface area contributed by atoms with Gasteiger partial charge in [-0.25, -0.2) is 5.43 Å². The number of amides is 1. The fourth-order valence-electron chi connectivity index (χ4n) is 3.20. The topological polar surface area (TPSA) is 94.3 Å². The number of aryl methyl sites for hydroxylation is 1. The Labute approximate surface area is 202 Å². The van der Waals surface area contributed by atoms with Gasteiger partial charge in [0.15, 0.2) is 11.0 Å². The third-order valence-corrected chi connectivity index (χ3v) is 5.96. The van der Waals surface area contributed by atoms with Crippen molar-refractivity contribution in [3.05, 3.63) is 84.2 Å². The predicted octanol–water partition coefficient (Wildman–Crippen LogP) is 4.28. The second-order valence-electron chi connectivity index (χ2n) is 7.47. The third-order valence-electron chi connectivity index (χ3n) is 5.03. The number of benzene rings is 2. The number of ether oxygens (including phenoxy) is 1. The van der Waals surface area contributed by atoms with Gasteiger partial charge >= 0.3 is 0 Å². The van der Waals surface area contributed by atoms with E-state index in [1.165, 1.54) is 11.8 Å². The summed E-state index contributed by atoms with van der Waals surface area (Å²) in [6.45, 7) is 3.87. The number of carbonyl (C=O) groups excluding carboxylic acids is 1. The van der Waals surface area contributed by atoms with Crippen molar-refractivity contribution in [1.29, 1.82) is 0 Å². The summed E-state index contributed by atoms with van der Waals surface area (Å²) in [6.07, 6.45) is 3.43. The van der Waals surface area contributed by atoms with Crippen molar-refractivity contribution in [3.63, 3.8) is 0 Å². The summed E-state index contributed by atoms with van der Waals surface area (Å²) < 4.78 is 7.18. The summed E-state index contributed by atoms with van der Waals surface area (Å²) in [6, 6.07) is 19.4. The molecule has 4 rings (SSSR count). The van der Waals surface area contributed by atoms with Crippen LogP contribution >= 0.6 is 11.8 Å². The third kappa shape index (κ3) is 5.49. The van der Waals surface area contributed by atoms with E-state index < -0.39 is 0 Å². The Morgan fingerprint density at radius 1 is 1.09 bits per heavy atom. The van der Waals surface area contributed by atoms with Crippen molar-refractivity contribution in [1.82, 2.24) is 25.2 Å². The van der Waals surface area contributed by atoms with Crippen molar-refractivity contribution in [3.8, 4) is 22.8 Å². The highest BCUT2D eigenvalue weighted by Gasteiger charge is 2.17. The molecule has 8 nitrogen and oxygen atoms in total. The van der Waals surface area contributed by atoms with Crippen LogP contribution in [-0.4, -0.2) is 44.2 Å². The molecule has 9 heteroatoms. The Hall–Kier alpha value is -3.98. The fourth-order valence-corrected chi connectivity index (χ4v) is 3.94. The first kappa shape index (κ1) is 23.2. The summed E-state index contributed by atoms with van der Waals surface area (Å²) in [5.74, 6) is 1.31. The zero-order valence-electron chi connectivity index (χ0n) is 19.1. The monoisotopic (exact) mass is 472 g/mol. The molecule has 2 heterocycles. The molecule has 172 valence electrons. The van der Waals surface area contributed by atoms with Gasteiger partial charge in [0.05, 0.1) is 18.6 Å². The molecule has 2 aromatic heterocycles. The molecule has 0 atom stereocenters. The van der Waals surface area contributed by atoms with Crippen LogP contribution in [0, 0.1) is 6.92 Å². The van der Waals surface area contributed by atoms with Crippen molar-refractivity contribution in [2.75, 3.05) is 12.9 Å². The van der Waals surface area contributed by atoms with Crippen LogP contribution in [0.3, 0.4) is 0 Å². The number of hydrazone groups is 1. The molecule has 0 radical (unpaired) electrons. The van der Waals surface area contributed by atoms with Crippen LogP contribution in [-0.2, 0) is 4.79 Å². The molecule has 34 heavy (non-hydrogen) atoms. The van der Waals surface area contributed by atoms with E-state index in [9.17, 15) is 4.79 Å². The lowest BCUT2D eigenvalue weighted by molar-refractivity contribution is -0.118. The summed E-state index contributed by atoms with van der Waals surface area (Å²) >= 11 is 1.30. The molecule has 0 aliphatic heterocycles. The minimum Gasteiger partial charge on any atom is -0.497 e. The first-order chi connectivity index (χ1) is 16.5. The number of thioether (sulfide) groups is 1. The van der Waals surface area contributed by atoms with Crippen molar-refractivity contribution < 1.29 is 9.53 Å². The molecule has 0 unspecified atom stereocenters. The second-order valence-corrected chi connectivity index (χ2v) is 8.41. The van der Waals surface area contributed by atoms with Gasteiger partial charge in [-0.1, -0.05) is 41.6 Å². The number of nitrogens with one attached hydrogen (secondary N) is 1. The van der Waals surface area contributed by atoms with Gasteiger partial charge in [0.2, 0.25) is 0 Å². The zero-order valence-corrected chi connectivity index (χ0v) is 19.9. The van der Waals surface area contributed by atoms with Crippen LogP contribution in [0.25, 0.3) is 17.1 Å². The Morgan fingerprint density at radius 2 is 1.85 bits per heavy atom. The maximum absolute atomic E-state index is 12.5.